The first-order chi connectivity index (χ1) is 14.6. The summed E-state index contributed by atoms with van der Waals surface area (Å²) < 4.78 is 13.4. The number of amides is 2. The molecule has 1 N–H and O–H groups in total. The average Bonchev–Trinajstić information content (AvgIpc) is 2.79. The van der Waals surface area contributed by atoms with Gasteiger partial charge in [0.15, 0.2) is 0 Å². The van der Waals surface area contributed by atoms with Gasteiger partial charge in [-0.25, -0.2) is 4.39 Å². The van der Waals surface area contributed by atoms with Gasteiger partial charge < -0.3 is 15.1 Å². The number of nitrogens with one attached hydrogen (secondary N) is 1. The van der Waals surface area contributed by atoms with E-state index in [1.54, 1.807) is 12.1 Å². The Labute approximate surface area is 179 Å². The van der Waals surface area contributed by atoms with Crippen LogP contribution in [-0.2, 0) is 4.79 Å². The molecule has 2 amide bonds. The molecule has 0 spiro atoms. The molecule has 0 aromatic heterocycles. The topological polar surface area (TPSA) is 52.7 Å². The second-order valence-corrected chi connectivity index (χ2v) is 9.19. The number of hydrogen-bond acceptors (Lipinski definition) is 3. The van der Waals surface area contributed by atoms with Crippen molar-refractivity contribution in [3.63, 3.8) is 0 Å². The second-order valence-electron chi connectivity index (χ2n) is 9.19. The Morgan fingerprint density at radius 1 is 0.900 bits per heavy atom. The van der Waals surface area contributed by atoms with Gasteiger partial charge in [-0.05, 0) is 69.8 Å². The molecular weight excluding hydrogens is 381 g/mol. The lowest BCUT2D eigenvalue weighted by Crippen LogP contribution is -2.50. The van der Waals surface area contributed by atoms with E-state index in [1.807, 2.05) is 4.90 Å². The van der Waals surface area contributed by atoms with E-state index in [0.717, 1.165) is 51.6 Å². The van der Waals surface area contributed by atoms with E-state index in [2.05, 4.69) is 10.2 Å². The summed E-state index contributed by atoms with van der Waals surface area (Å²) in [5, 5.41) is 3.29. The van der Waals surface area contributed by atoms with Gasteiger partial charge in [-0.3, -0.25) is 9.59 Å². The van der Waals surface area contributed by atoms with Gasteiger partial charge in [0, 0.05) is 36.7 Å². The average molecular weight is 416 g/mol. The summed E-state index contributed by atoms with van der Waals surface area (Å²) in [5.41, 5.74) is 0.429. The fourth-order valence-electron chi connectivity index (χ4n) is 5.33. The third-order valence-electron chi connectivity index (χ3n) is 7.19. The first-order valence-corrected chi connectivity index (χ1v) is 11.7. The van der Waals surface area contributed by atoms with Crippen molar-refractivity contribution >= 4 is 11.8 Å². The fourth-order valence-corrected chi connectivity index (χ4v) is 5.33. The van der Waals surface area contributed by atoms with Gasteiger partial charge in [0.1, 0.15) is 5.82 Å². The molecule has 4 rings (SSSR count). The zero-order valence-electron chi connectivity index (χ0n) is 17.8. The van der Waals surface area contributed by atoms with Gasteiger partial charge in [-0.1, -0.05) is 25.3 Å². The Kier molecular flexibility index (Phi) is 7.03. The molecule has 2 aliphatic heterocycles. The highest BCUT2D eigenvalue weighted by Crippen LogP contribution is 2.26. The van der Waals surface area contributed by atoms with E-state index in [1.165, 1.54) is 31.4 Å². The highest BCUT2D eigenvalue weighted by Gasteiger charge is 2.32. The molecule has 1 aliphatic carbocycles. The summed E-state index contributed by atoms with van der Waals surface area (Å²) in [5.74, 6) is -0.0351. The maximum absolute atomic E-state index is 13.4. The molecular formula is C24H34FN3O2. The highest BCUT2D eigenvalue weighted by atomic mass is 19.1. The molecule has 0 unspecified atom stereocenters. The standard InChI is InChI=1S/C24H34FN3O2/c25-20-6-4-5-19(17-20)24(30)28-15-11-22(12-16-28)27-13-9-18(10-14-27)23(29)26-21-7-2-1-3-8-21/h4-6,17-18,21-22H,1-3,7-16H2,(H,26,29). The maximum atomic E-state index is 13.4. The Morgan fingerprint density at radius 3 is 2.27 bits per heavy atom. The molecule has 1 aromatic carbocycles. The molecule has 0 bridgehead atoms. The number of nitrogens with zero attached hydrogens (tertiary/aromatic N) is 2. The normalized spacial score (nSPS) is 22.8. The summed E-state index contributed by atoms with van der Waals surface area (Å²) >= 11 is 0. The van der Waals surface area contributed by atoms with E-state index in [0.29, 0.717) is 30.7 Å². The van der Waals surface area contributed by atoms with E-state index in [9.17, 15) is 14.0 Å². The van der Waals surface area contributed by atoms with Gasteiger partial charge in [-0.15, -0.1) is 0 Å². The number of carbonyl (C=O) groups is 2. The monoisotopic (exact) mass is 415 g/mol. The van der Waals surface area contributed by atoms with E-state index in [-0.39, 0.29) is 23.5 Å². The largest absolute Gasteiger partial charge is 0.353 e. The van der Waals surface area contributed by atoms with Crippen LogP contribution in [0.4, 0.5) is 4.39 Å². The Bertz CT molecular complexity index is 734. The molecule has 2 heterocycles. The number of likely N-dealkylation sites (tertiary alicyclic amines) is 2. The third-order valence-corrected chi connectivity index (χ3v) is 7.19. The van der Waals surface area contributed by atoms with Crippen molar-refractivity contribution in [1.29, 1.82) is 0 Å². The van der Waals surface area contributed by atoms with Crippen molar-refractivity contribution < 1.29 is 14.0 Å². The van der Waals surface area contributed by atoms with Crippen LogP contribution < -0.4 is 5.32 Å². The maximum Gasteiger partial charge on any atom is 0.253 e. The number of hydrogen-bond donors (Lipinski definition) is 1. The first kappa shape index (κ1) is 21.3. The smallest absolute Gasteiger partial charge is 0.253 e. The van der Waals surface area contributed by atoms with Crippen molar-refractivity contribution in [2.75, 3.05) is 26.2 Å². The van der Waals surface area contributed by atoms with Crippen LogP contribution in [0.15, 0.2) is 24.3 Å². The summed E-state index contributed by atoms with van der Waals surface area (Å²) in [4.78, 5) is 29.6. The van der Waals surface area contributed by atoms with Crippen LogP contribution in [0, 0.1) is 11.7 Å². The Balaban J connectivity index is 1.20. The van der Waals surface area contributed by atoms with Crippen molar-refractivity contribution in [1.82, 2.24) is 15.1 Å². The van der Waals surface area contributed by atoms with Crippen molar-refractivity contribution in [2.45, 2.75) is 69.9 Å². The van der Waals surface area contributed by atoms with Crippen LogP contribution in [0.3, 0.4) is 0 Å². The van der Waals surface area contributed by atoms with Crippen LogP contribution in [0.2, 0.25) is 0 Å². The molecule has 30 heavy (non-hydrogen) atoms. The molecule has 2 saturated heterocycles. The Hall–Kier alpha value is -1.95. The van der Waals surface area contributed by atoms with Gasteiger partial charge in [-0.2, -0.15) is 0 Å². The van der Waals surface area contributed by atoms with Gasteiger partial charge >= 0.3 is 0 Å². The molecule has 1 aromatic rings. The molecule has 6 heteroatoms. The lowest BCUT2D eigenvalue weighted by molar-refractivity contribution is -0.127. The number of carbonyl (C=O) groups excluding carboxylic acids is 2. The number of rotatable bonds is 4. The van der Waals surface area contributed by atoms with Gasteiger partial charge in [0.2, 0.25) is 5.91 Å². The molecule has 5 nitrogen and oxygen atoms in total. The predicted molar refractivity (Wildman–Crippen MR) is 115 cm³/mol. The molecule has 0 atom stereocenters. The summed E-state index contributed by atoms with van der Waals surface area (Å²) in [7, 11) is 0. The third kappa shape index (κ3) is 5.20. The fraction of sp³-hybridized carbons (Fsp3) is 0.667. The van der Waals surface area contributed by atoms with Crippen LogP contribution in [0.25, 0.3) is 0 Å². The van der Waals surface area contributed by atoms with E-state index in [4.69, 9.17) is 0 Å². The molecule has 1 saturated carbocycles. The first-order valence-electron chi connectivity index (χ1n) is 11.7. The van der Waals surface area contributed by atoms with Crippen LogP contribution in [-0.4, -0.2) is 59.9 Å². The van der Waals surface area contributed by atoms with Crippen molar-refractivity contribution in [3.8, 4) is 0 Å². The second kappa shape index (κ2) is 9.90. The lowest BCUT2D eigenvalue weighted by atomic mass is 9.91. The molecule has 3 fully saturated rings. The number of halogens is 1. The van der Waals surface area contributed by atoms with Crippen molar-refractivity contribution in [3.05, 3.63) is 35.6 Å². The highest BCUT2D eigenvalue weighted by molar-refractivity contribution is 5.94. The molecule has 3 aliphatic rings. The van der Waals surface area contributed by atoms with Crippen LogP contribution in [0.1, 0.15) is 68.1 Å². The number of piperidine rings is 2. The van der Waals surface area contributed by atoms with E-state index < -0.39 is 0 Å². The number of benzene rings is 1. The zero-order chi connectivity index (χ0) is 20.9. The van der Waals surface area contributed by atoms with Crippen LogP contribution >= 0.6 is 0 Å². The molecule has 0 radical (unpaired) electrons. The minimum Gasteiger partial charge on any atom is -0.353 e. The predicted octanol–water partition coefficient (Wildman–Crippen LogP) is 3.59. The van der Waals surface area contributed by atoms with Crippen LogP contribution in [0.5, 0.6) is 0 Å². The summed E-state index contributed by atoms with van der Waals surface area (Å²) in [6.45, 7) is 3.35. The summed E-state index contributed by atoms with van der Waals surface area (Å²) in [6, 6.07) is 6.82. The minimum atomic E-state index is -0.369. The Morgan fingerprint density at radius 2 is 1.60 bits per heavy atom. The zero-order valence-corrected chi connectivity index (χ0v) is 17.8. The van der Waals surface area contributed by atoms with E-state index >= 15 is 0 Å². The van der Waals surface area contributed by atoms with Crippen molar-refractivity contribution in [2.24, 2.45) is 5.92 Å². The molecule has 164 valence electrons. The van der Waals surface area contributed by atoms with Gasteiger partial charge in [0.25, 0.3) is 5.91 Å². The quantitative estimate of drug-likeness (QED) is 0.818. The summed E-state index contributed by atoms with van der Waals surface area (Å²) in [6.07, 6.45) is 9.81. The SMILES string of the molecule is O=C(NC1CCCCC1)C1CCN(C2CCN(C(=O)c3cccc(F)c3)CC2)CC1. The van der Waals surface area contributed by atoms with Gasteiger partial charge in [0.05, 0.1) is 0 Å². The minimum absolute atomic E-state index is 0.0777. The lowest BCUT2D eigenvalue weighted by Gasteiger charge is -2.41.